The molecule has 2 aromatic rings. The lowest BCUT2D eigenvalue weighted by Crippen LogP contribution is -2.16. The highest BCUT2D eigenvalue weighted by molar-refractivity contribution is 7.90. The molecule has 128 valence electrons. The van der Waals surface area contributed by atoms with Crippen molar-refractivity contribution in [3.8, 4) is 17.2 Å². The van der Waals surface area contributed by atoms with Crippen molar-refractivity contribution in [3.05, 3.63) is 48.5 Å². The molecule has 0 aromatic heterocycles. The van der Waals surface area contributed by atoms with Crippen LogP contribution < -0.4 is 14.8 Å². The van der Waals surface area contributed by atoms with E-state index in [-0.39, 0.29) is 18.1 Å². The van der Waals surface area contributed by atoms with E-state index in [4.69, 9.17) is 9.47 Å². The summed E-state index contributed by atoms with van der Waals surface area (Å²) < 4.78 is 32.9. The van der Waals surface area contributed by atoms with Crippen molar-refractivity contribution in [1.82, 2.24) is 0 Å². The summed E-state index contributed by atoms with van der Waals surface area (Å²) in [6, 6.07) is 14.0. The van der Waals surface area contributed by atoms with E-state index in [9.17, 15) is 13.2 Å². The average molecular weight is 349 g/mol. The SMILES string of the molecule is COc1cccc(Oc2ccc(NC(=O)CCS(C)(=O)=O)cc2)c1. The normalized spacial score (nSPS) is 10.9. The highest BCUT2D eigenvalue weighted by Gasteiger charge is 2.08. The van der Waals surface area contributed by atoms with E-state index in [1.807, 2.05) is 18.2 Å². The van der Waals surface area contributed by atoms with E-state index < -0.39 is 9.84 Å². The summed E-state index contributed by atoms with van der Waals surface area (Å²) in [6.45, 7) is 0. The number of amides is 1. The molecule has 0 bridgehead atoms. The molecule has 2 rings (SSSR count). The highest BCUT2D eigenvalue weighted by atomic mass is 32.2. The lowest BCUT2D eigenvalue weighted by molar-refractivity contribution is -0.115. The van der Waals surface area contributed by atoms with Gasteiger partial charge in [0.05, 0.1) is 12.9 Å². The quantitative estimate of drug-likeness (QED) is 0.831. The van der Waals surface area contributed by atoms with Crippen molar-refractivity contribution in [3.63, 3.8) is 0 Å². The fourth-order valence-corrected chi connectivity index (χ4v) is 2.46. The maximum Gasteiger partial charge on any atom is 0.225 e. The molecule has 0 saturated heterocycles. The van der Waals surface area contributed by atoms with E-state index in [0.29, 0.717) is 22.9 Å². The summed E-state index contributed by atoms with van der Waals surface area (Å²) in [5.74, 6) is 1.43. The van der Waals surface area contributed by atoms with Crippen molar-refractivity contribution in [2.75, 3.05) is 24.4 Å². The van der Waals surface area contributed by atoms with Crippen LogP contribution in [-0.4, -0.2) is 33.4 Å². The molecule has 0 aliphatic rings. The molecule has 7 heteroatoms. The van der Waals surface area contributed by atoms with Gasteiger partial charge < -0.3 is 14.8 Å². The number of anilines is 1. The summed E-state index contributed by atoms with van der Waals surface area (Å²) in [6.07, 6.45) is 1.03. The zero-order valence-electron chi connectivity index (χ0n) is 13.5. The number of carbonyl (C=O) groups is 1. The van der Waals surface area contributed by atoms with Gasteiger partial charge in [-0.3, -0.25) is 4.79 Å². The van der Waals surface area contributed by atoms with Gasteiger partial charge in [0.2, 0.25) is 5.91 Å². The molecule has 1 N–H and O–H groups in total. The number of nitrogens with one attached hydrogen (secondary N) is 1. The molecular formula is C17H19NO5S. The van der Waals surface area contributed by atoms with Crippen molar-refractivity contribution in [2.24, 2.45) is 0 Å². The average Bonchev–Trinajstić information content (AvgIpc) is 2.54. The predicted octanol–water partition coefficient (Wildman–Crippen LogP) is 2.86. The minimum Gasteiger partial charge on any atom is -0.497 e. The van der Waals surface area contributed by atoms with Crippen LogP contribution in [-0.2, 0) is 14.6 Å². The van der Waals surface area contributed by atoms with E-state index >= 15 is 0 Å². The molecule has 0 aliphatic heterocycles. The molecule has 24 heavy (non-hydrogen) atoms. The van der Waals surface area contributed by atoms with Crippen LogP contribution in [0.2, 0.25) is 0 Å². The van der Waals surface area contributed by atoms with Crippen LogP contribution in [0.15, 0.2) is 48.5 Å². The van der Waals surface area contributed by atoms with E-state index in [2.05, 4.69) is 5.32 Å². The first-order valence-electron chi connectivity index (χ1n) is 7.25. The van der Waals surface area contributed by atoms with Gasteiger partial charge in [0.15, 0.2) is 0 Å². The van der Waals surface area contributed by atoms with Crippen molar-refractivity contribution in [1.29, 1.82) is 0 Å². The molecular weight excluding hydrogens is 330 g/mol. The third-order valence-corrected chi connectivity index (χ3v) is 4.06. The zero-order valence-corrected chi connectivity index (χ0v) is 14.3. The minimum atomic E-state index is -3.15. The third kappa shape index (κ3) is 5.92. The van der Waals surface area contributed by atoms with Crippen LogP contribution in [0.1, 0.15) is 6.42 Å². The second-order valence-electron chi connectivity index (χ2n) is 5.23. The molecule has 6 nitrogen and oxygen atoms in total. The van der Waals surface area contributed by atoms with Crippen LogP contribution in [0.3, 0.4) is 0 Å². The van der Waals surface area contributed by atoms with Gasteiger partial charge in [-0.25, -0.2) is 8.42 Å². The molecule has 0 fully saturated rings. The Bertz CT molecular complexity index is 800. The molecule has 0 spiro atoms. The summed E-state index contributed by atoms with van der Waals surface area (Å²) in [4.78, 5) is 11.7. The standard InChI is InChI=1S/C17H19NO5S/c1-22-15-4-3-5-16(12-15)23-14-8-6-13(7-9-14)18-17(19)10-11-24(2,20)21/h3-9,12H,10-11H2,1-2H3,(H,18,19). The Kier molecular flexibility index (Phi) is 5.81. The first-order valence-corrected chi connectivity index (χ1v) is 9.31. The van der Waals surface area contributed by atoms with Crippen molar-refractivity contribution < 1.29 is 22.7 Å². The molecule has 0 atom stereocenters. The number of hydrogen-bond donors (Lipinski definition) is 1. The van der Waals surface area contributed by atoms with Gasteiger partial charge in [0.1, 0.15) is 27.1 Å². The summed E-state index contributed by atoms with van der Waals surface area (Å²) in [5.41, 5.74) is 0.575. The van der Waals surface area contributed by atoms with Gasteiger partial charge >= 0.3 is 0 Å². The van der Waals surface area contributed by atoms with E-state index in [1.165, 1.54) is 0 Å². The largest absolute Gasteiger partial charge is 0.497 e. The number of carbonyl (C=O) groups excluding carboxylic acids is 1. The smallest absolute Gasteiger partial charge is 0.225 e. The first kappa shape index (κ1) is 17.8. The number of rotatable bonds is 7. The second kappa shape index (κ2) is 7.83. The fourth-order valence-electron chi connectivity index (χ4n) is 1.91. The van der Waals surface area contributed by atoms with Gasteiger partial charge in [0.25, 0.3) is 0 Å². The Morgan fingerprint density at radius 2 is 1.71 bits per heavy atom. The Morgan fingerprint density at radius 3 is 2.33 bits per heavy atom. The van der Waals surface area contributed by atoms with Crippen LogP contribution in [0.5, 0.6) is 17.2 Å². The maximum absolute atomic E-state index is 11.7. The number of hydrogen-bond acceptors (Lipinski definition) is 5. The molecule has 0 radical (unpaired) electrons. The highest BCUT2D eigenvalue weighted by Crippen LogP contribution is 2.26. The van der Waals surface area contributed by atoms with E-state index in [1.54, 1.807) is 37.4 Å². The Morgan fingerprint density at radius 1 is 1.04 bits per heavy atom. The van der Waals surface area contributed by atoms with Crippen LogP contribution in [0.25, 0.3) is 0 Å². The molecule has 0 heterocycles. The van der Waals surface area contributed by atoms with Crippen LogP contribution >= 0.6 is 0 Å². The Balaban J connectivity index is 1.94. The lowest BCUT2D eigenvalue weighted by Gasteiger charge is -2.09. The molecule has 0 saturated carbocycles. The monoisotopic (exact) mass is 349 g/mol. The van der Waals surface area contributed by atoms with Gasteiger partial charge in [-0.15, -0.1) is 0 Å². The number of sulfone groups is 1. The topological polar surface area (TPSA) is 81.7 Å². The predicted molar refractivity (Wildman–Crippen MR) is 92.5 cm³/mol. The summed E-state index contributed by atoms with van der Waals surface area (Å²) >= 11 is 0. The van der Waals surface area contributed by atoms with Gasteiger partial charge in [-0.1, -0.05) is 6.07 Å². The second-order valence-corrected chi connectivity index (χ2v) is 7.49. The van der Waals surface area contributed by atoms with Gasteiger partial charge in [0, 0.05) is 24.4 Å². The van der Waals surface area contributed by atoms with E-state index in [0.717, 1.165) is 6.26 Å². The Labute approximate surface area is 141 Å². The van der Waals surface area contributed by atoms with Crippen LogP contribution in [0.4, 0.5) is 5.69 Å². The van der Waals surface area contributed by atoms with Gasteiger partial charge in [-0.2, -0.15) is 0 Å². The summed E-state index contributed by atoms with van der Waals surface area (Å²) in [7, 11) is -1.57. The minimum absolute atomic E-state index is 0.0686. The zero-order chi connectivity index (χ0) is 17.6. The van der Waals surface area contributed by atoms with Crippen molar-refractivity contribution in [2.45, 2.75) is 6.42 Å². The number of ether oxygens (including phenoxy) is 2. The third-order valence-electron chi connectivity index (χ3n) is 3.11. The first-order chi connectivity index (χ1) is 11.4. The Hall–Kier alpha value is -2.54. The molecule has 1 amide bonds. The molecule has 0 aliphatic carbocycles. The number of benzene rings is 2. The lowest BCUT2D eigenvalue weighted by atomic mass is 10.3. The maximum atomic E-state index is 11.7. The fraction of sp³-hybridized carbons (Fsp3) is 0.235. The summed E-state index contributed by atoms with van der Waals surface area (Å²) in [5, 5.41) is 2.64. The number of methoxy groups -OCH3 is 1. The molecule has 0 unspecified atom stereocenters. The van der Waals surface area contributed by atoms with Gasteiger partial charge in [-0.05, 0) is 36.4 Å². The van der Waals surface area contributed by atoms with Crippen LogP contribution in [0, 0.1) is 0 Å². The molecule has 2 aromatic carbocycles. The van der Waals surface area contributed by atoms with Crippen molar-refractivity contribution >= 4 is 21.4 Å².